The summed E-state index contributed by atoms with van der Waals surface area (Å²) in [6.07, 6.45) is 0.840. The van der Waals surface area contributed by atoms with Crippen molar-refractivity contribution in [3.63, 3.8) is 0 Å². The first kappa shape index (κ1) is 19.4. The average Bonchev–Trinajstić information content (AvgIpc) is 3.43. The average molecular weight is 414 g/mol. The van der Waals surface area contributed by atoms with E-state index < -0.39 is 24.1 Å². The first-order valence-electron chi connectivity index (χ1n) is 9.90. The number of halogens is 1. The van der Waals surface area contributed by atoms with Gasteiger partial charge in [0.05, 0.1) is 23.8 Å². The molecular formula is C21H23FN4O4. The molecule has 0 saturated carbocycles. The number of fused-ring (bicyclic) bond motifs is 2. The summed E-state index contributed by atoms with van der Waals surface area (Å²) in [6, 6.07) is 5.16. The largest absolute Gasteiger partial charge is 0.388 e. The van der Waals surface area contributed by atoms with Crippen molar-refractivity contribution in [1.82, 2.24) is 14.5 Å². The molecule has 0 aliphatic carbocycles. The van der Waals surface area contributed by atoms with Crippen molar-refractivity contribution < 1.29 is 23.7 Å². The smallest absolute Gasteiger partial charge is 0.150 e. The number of ether oxygens (including phenoxy) is 3. The van der Waals surface area contributed by atoms with Gasteiger partial charge in [-0.1, -0.05) is 19.9 Å². The highest BCUT2D eigenvalue weighted by Gasteiger charge is 2.46. The van der Waals surface area contributed by atoms with Crippen molar-refractivity contribution >= 4 is 16.9 Å². The molecule has 158 valence electrons. The molecule has 4 heterocycles. The number of nitrogens with two attached hydrogens (primary N) is 1. The van der Waals surface area contributed by atoms with Gasteiger partial charge in [-0.25, -0.2) is 14.4 Å². The van der Waals surface area contributed by atoms with Crippen LogP contribution in [0.4, 0.5) is 10.2 Å². The lowest BCUT2D eigenvalue weighted by atomic mass is 9.92. The molecule has 30 heavy (non-hydrogen) atoms. The maximum Gasteiger partial charge on any atom is 0.150 e. The van der Waals surface area contributed by atoms with Crippen LogP contribution in [-0.4, -0.2) is 45.2 Å². The first-order valence-corrected chi connectivity index (χ1v) is 9.90. The van der Waals surface area contributed by atoms with Crippen molar-refractivity contribution in [1.29, 1.82) is 0 Å². The molecule has 0 amide bonds. The molecule has 2 aliphatic heterocycles. The first-order chi connectivity index (χ1) is 14.5. The summed E-state index contributed by atoms with van der Waals surface area (Å²) in [4.78, 5) is 8.35. The second-order valence-electron chi connectivity index (χ2n) is 7.98. The number of aliphatic hydroxyl groups is 1. The van der Waals surface area contributed by atoms with Crippen LogP contribution in [0, 0.1) is 11.7 Å². The van der Waals surface area contributed by atoms with E-state index in [4.69, 9.17) is 19.9 Å². The predicted octanol–water partition coefficient (Wildman–Crippen LogP) is 2.64. The standard InChI is InChI=1S/C21H23FN4O4/c1-10(2)17(27)11-3-4-13(26-6-5-12-20(23)24-8-25-21(12)26)15(16(11)22)19-18-14(7-28-19)29-9-30-18/h3-6,8,10,14,17-19,27H,7,9H2,1-2H3,(H2,23,24,25)/t14-,17?,18+,19+/m1/s1. The van der Waals surface area contributed by atoms with Crippen LogP contribution in [0.25, 0.3) is 16.7 Å². The van der Waals surface area contributed by atoms with Crippen molar-refractivity contribution in [3.05, 3.63) is 47.7 Å². The molecule has 2 saturated heterocycles. The summed E-state index contributed by atoms with van der Waals surface area (Å²) in [5.74, 6) is -0.322. The van der Waals surface area contributed by atoms with Crippen molar-refractivity contribution in [3.8, 4) is 5.69 Å². The zero-order valence-corrected chi connectivity index (χ0v) is 16.7. The van der Waals surface area contributed by atoms with Gasteiger partial charge in [-0.3, -0.25) is 0 Å². The Hall–Kier alpha value is -2.59. The van der Waals surface area contributed by atoms with Crippen LogP contribution in [0.5, 0.6) is 0 Å². The molecule has 4 atom stereocenters. The minimum absolute atomic E-state index is 0.149. The summed E-state index contributed by atoms with van der Waals surface area (Å²) in [5.41, 5.74) is 7.60. The Morgan fingerprint density at radius 1 is 1.20 bits per heavy atom. The molecule has 1 unspecified atom stereocenters. The van der Waals surface area contributed by atoms with Crippen LogP contribution < -0.4 is 5.73 Å². The van der Waals surface area contributed by atoms with Gasteiger partial charge >= 0.3 is 0 Å². The zero-order valence-electron chi connectivity index (χ0n) is 16.7. The van der Waals surface area contributed by atoms with Gasteiger partial charge in [0.2, 0.25) is 0 Å². The van der Waals surface area contributed by atoms with Gasteiger partial charge < -0.3 is 29.6 Å². The monoisotopic (exact) mass is 414 g/mol. The Labute approximate surface area is 172 Å². The molecule has 1 aromatic carbocycles. The van der Waals surface area contributed by atoms with Gasteiger partial charge in [0.15, 0.2) is 0 Å². The molecule has 2 aliphatic rings. The van der Waals surface area contributed by atoms with Gasteiger partial charge in [0, 0.05) is 17.3 Å². The quantitative estimate of drug-likeness (QED) is 0.676. The van der Waals surface area contributed by atoms with Crippen molar-refractivity contribution in [2.45, 2.75) is 38.3 Å². The summed E-state index contributed by atoms with van der Waals surface area (Å²) in [6.45, 7) is 4.14. The second kappa shape index (κ2) is 7.28. The third-order valence-electron chi connectivity index (χ3n) is 5.84. The van der Waals surface area contributed by atoms with E-state index in [0.717, 1.165) is 0 Å². The van der Waals surface area contributed by atoms with Crippen LogP contribution in [0.2, 0.25) is 0 Å². The summed E-state index contributed by atoms with van der Waals surface area (Å²) in [7, 11) is 0. The molecule has 8 nitrogen and oxygen atoms in total. The topological polar surface area (TPSA) is 105 Å². The Morgan fingerprint density at radius 3 is 2.83 bits per heavy atom. The van der Waals surface area contributed by atoms with E-state index >= 15 is 4.39 Å². The van der Waals surface area contributed by atoms with Crippen LogP contribution in [0.3, 0.4) is 0 Å². The molecule has 0 spiro atoms. The van der Waals surface area contributed by atoms with Crippen LogP contribution >= 0.6 is 0 Å². The predicted molar refractivity (Wildman–Crippen MR) is 106 cm³/mol. The number of nitrogens with zero attached hydrogens (tertiary/aromatic N) is 3. The minimum atomic E-state index is -0.949. The fourth-order valence-corrected chi connectivity index (χ4v) is 4.21. The molecule has 3 N–H and O–H groups in total. The number of aliphatic hydroxyl groups excluding tert-OH is 1. The zero-order chi connectivity index (χ0) is 21.0. The number of hydrogen-bond acceptors (Lipinski definition) is 7. The van der Waals surface area contributed by atoms with Gasteiger partial charge in [0.25, 0.3) is 0 Å². The summed E-state index contributed by atoms with van der Waals surface area (Å²) in [5, 5.41) is 11.2. The lowest BCUT2D eigenvalue weighted by molar-refractivity contribution is -0.0440. The second-order valence-corrected chi connectivity index (χ2v) is 7.98. The number of benzene rings is 1. The van der Waals surface area contributed by atoms with E-state index in [0.29, 0.717) is 34.7 Å². The Balaban J connectivity index is 1.72. The number of rotatable bonds is 4. The highest BCUT2D eigenvalue weighted by Crippen LogP contribution is 2.42. The van der Waals surface area contributed by atoms with Gasteiger partial charge in [0.1, 0.15) is 48.7 Å². The summed E-state index contributed by atoms with van der Waals surface area (Å²) >= 11 is 0. The maximum absolute atomic E-state index is 15.9. The van der Waals surface area contributed by atoms with Gasteiger partial charge in [-0.15, -0.1) is 0 Å². The molecule has 5 rings (SSSR count). The molecule has 0 radical (unpaired) electrons. The van der Waals surface area contributed by atoms with Crippen molar-refractivity contribution in [2.24, 2.45) is 5.92 Å². The Kier molecular flexibility index (Phi) is 4.70. The van der Waals surface area contributed by atoms with E-state index in [-0.39, 0.29) is 24.4 Å². The number of nitrogen functional groups attached to an aromatic ring is 1. The number of anilines is 1. The fraction of sp³-hybridized carbons (Fsp3) is 0.429. The molecule has 9 heteroatoms. The number of hydrogen-bond donors (Lipinski definition) is 2. The van der Waals surface area contributed by atoms with Crippen LogP contribution in [0.15, 0.2) is 30.7 Å². The Bertz CT molecular complexity index is 1100. The Morgan fingerprint density at radius 2 is 2.03 bits per heavy atom. The molecular weight excluding hydrogens is 391 g/mol. The normalized spacial score (nSPS) is 24.6. The third kappa shape index (κ3) is 2.89. The SMILES string of the molecule is CC(C)C(O)c1ccc(-n2ccc3c(N)ncnc32)c([C@@H]2OC[C@H]3OCO[C@@H]32)c1F. The maximum atomic E-state index is 15.9. The summed E-state index contributed by atoms with van der Waals surface area (Å²) < 4.78 is 34.8. The van der Waals surface area contributed by atoms with Crippen LogP contribution in [-0.2, 0) is 14.2 Å². The highest BCUT2D eigenvalue weighted by molar-refractivity contribution is 5.87. The van der Waals surface area contributed by atoms with Gasteiger partial charge in [-0.2, -0.15) is 0 Å². The van der Waals surface area contributed by atoms with E-state index in [9.17, 15) is 5.11 Å². The fourth-order valence-electron chi connectivity index (χ4n) is 4.21. The molecule has 2 aromatic heterocycles. The van der Waals surface area contributed by atoms with Crippen LogP contribution in [0.1, 0.15) is 37.2 Å². The number of aromatic nitrogens is 3. The minimum Gasteiger partial charge on any atom is -0.388 e. The molecule has 3 aromatic rings. The lowest BCUT2D eigenvalue weighted by Crippen LogP contribution is -2.24. The third-order valence-corrected chi connectivity index (χ3v) is 5.84. The van der Waals surface area contributed by atoms with E-state index in [1.165, 1.54) is 6.33 Å². The van der Waals surface area contributed by atoms with E-state index in [1.807, 2.05) is 13.8 Å². The lowest BCUT2D eigenvalue weighted by Gasteiger charge is -2.24. The van der Waals surface area contributed by atoms with E-state index in [2.05, 4.69) is 9.97 Å². The van der Waals surface area contributed by atoms with Gasteiger partial charge in [-0.05, 0) is 18.1 Å². The highest BCUT2D eigenvalue weighted by atomic mass is 19.1. The molecule has 2 fully saturated rings. The van der Waals surface area contributed by atoms with E-state index in [1.54, 1.807) is 29.0 Å². The molecule has 0 bridgehead atoms. The van der Waals surface area contributed by atoms with Crippen molar-refractivity contribution in [2.75, 3.05) is 19.1 Å².